The number of pyridine rings is 1. The number of rotatable bonds is 0. The third kappa shape index (κ3) is 1.29. The van der Waals surface area contributed by atoms with Crippen molar-refractivity contribution in [2.45, 2.75) is 12.0 Å². The van der Waals surface area contributed by atoms with Crippen molar-refractivity contribution in [2.24, 2.45) is 0 Å². The highest BCUT2D eigenvalue weighted by Gasteiger charge is 2.48. The molecule has 0 saturated carbocycles. The molecule has 2 N–H and O–H groups in total. The van der Waals surface area contributed by atoms with E-state index in [2.05, 4.69) is 15.6 Å². The van der Waals surface area contributed by atoms with Gasteiger partial charge in [0.1, 0.15) is 11.2 Å². The fourth-order valence-corrected chi connectivity index (χ4v) is 2.36. The number of amides is 1. The lowest BCUT2D eigenvalue weighted by Gasteiger charge is -2.37. The number of carbonyl (C=O) groups is 1. The molecular formula is C11H11N5O. The van der Waals surface area contributed by atoms with Crippen LogP contribution in [0, 0.1) is 11.5 Å². The largest absolute Gasteiger partial charge is 0.353 e. The molecule has 2 aliphatic heterocycles. The SMILES string of the molecule is N#CN1C(=O)[C@@]2(CCNC2)Nc2ncccc21. The molecule has 1 amide bonds. The highest BCUT2D eigenvalue weighted by molar-refractivity contribution is 6.09. The molecule has 2 aliphatic rings. The Morgan fingerprint density at radius 1 is 1.59 bits per heavy atom. The lowest BCUT2D eigenvalue weighted by molar-refractivity contribution is -0.121. The molecule has 0 radical (unpaired) electrons. The van der Waals surface area contributed by atoms with Crippen molar-refractivity contribution in [3.63, 3.8) is 0 Å². The van der Waals surface area contributed by atoms with Gasteiger partial charge in [-0.05, 0) is 25.1 Å². The minimum atomic E-state index is -0.711. The topological polar surface area (TPSA) is 81.0 Å². The Bertz CT molecular complexity index is 515. The first-order valence-electron chi connectivity index (χ1n) is 5.45. The van der Waals surface area contributed by atoms with Crippen molar-refractivity contribution in [2.75, 3.05) is 23.3 Å². The van der Waals surface area contributed by atoms with E-state index in [1.807, 2.05) is 6.19 Å². The van der Waals surface area contributed by atoms with Crippen LogP contribution in [0.1, 0.15) is 6.42 Å². The van der Waals surface area contributed by atoms with Crippen molar-refractivity contribution in [1.82, 2.24) is 10.3 Å². The molecule has 0 aliphatic carbocycles. The summed E-state index contributed by atoms with van der Waals surface area (Å²) < 4.78 is 0. The molecule has 0 aromatic carbocycles. The molecule has 1 spiro atoms. The van der Waals surface area contributed by atoms with E-state index < -0.39 is 5.54 Å². The quantitative estimate of drug-likeness (QED) is 0.614. The maximum Gasteiger partial charge on any atom is 0.267 e. The molecule has 0 bridgehead atoms. The second kappa shape index (κ2) is 3.43. The van der Waals surface area contributed by atoms with E-state index in [4.69, 9.17) is 5.26 Å². The van der Waals surface area contributed by atoms with Crippen LogP contribution in [0.2, 0.25) is 0 Å². The molecule has 17 heavy (non-hydrogen) atoms. The van der Waals surface area contributed by atoms with Gasteiger partial charge in [0, 0.05) is 12.7 Å². The summed E-state index contributed by atoms with van der Waals surface area (Å²) in [6.45, 7) is 1.29. The average Bonchev–Trinajstić information content (AvgIpc) is 2.81. The molecule has 6 nitrogen and oxygen atoms in total. The average molecular weight is 229 g/mol. The second-order valence-electron chi connectivity index (χ2n) is 4.25. The fourth-order valence-electron chi connectivity index (χ4n) is 2.36. The van der Waals surface area contributed by atoms with Crippen LogP contribution in [0.4, 0.5) is 11.5 Å². The molecule has 1 saturated heterocycles. The maximum absolute atomic E-state index is 12.3. The molecule has 1 aromatic rings. The first-order valence-corrected chi connectivity index (χ1v) is 5.45. The van der Waals surface area contributed by atoms with Crippen molar-refractivity contribution in [1.29, 1.82) is 5.26 Å². The van der Waals surface area contributed by atoms with E-state index >= 15 is 0 Å². The highest BCUT2D eigenvalue weighted by atomic mass is 16.2. The number of aromatic nitrogens is 1. The normalized spacial score (nSPS) is 26.5. The van der Waals surface area contributed by atoms with Gasteiger partial charge in [0.15, 0.2) is 12.0 Å². The van der Waals surface area contributed by atoms with Crippen LogP contribution in [0.15, 0.2) is 18.3 Å². The molecule has 3 rings (SSSR count). The van der Waals surface area contributed by atoms with Gasteiger partial charge in [0.25, 0.3) is 5.91 Å². The molecular weight excluding hydrogens is 218 g/mol. The molecule has 6 heteroatoms. The molecule has 1 atom stereocenters. The summed E-state index contributed by atoms with van der Waals surface area (Å²) >= 11 is 0. The standard InChI is InChI=1S/C11H11N5O/c12-7-16-8-2-1-4-14-9(8)15-11(10(16)17)3-5-13-6-11/h1-2,4,13H,3,5-6H2,(H,14,15)/t11-/m0/s1. The van der Waals surface area contributed by atoms with Gasteiger partial charge in [0.05, 0.1) is 0 Å². The fraction of sp³-hybridized carbons (Fsp3) is 0.364. The molecule has 1 fully saturated rings. The summed E-state index contributed by atoms with van der Waals surface area (Å²) in [5.74, 6) is 0.392. The van der Waals surface area contributed by atoms with Crippen molar-refractivity contribution in [3.8, 4) is 6.19 Å². The number of nitriles is 1. The monoisotopic (exact) mass is 229 g/mol. The molecule has 3 heterocycles. The highest BCUT2D eigenvalue weighted by Crippen LogP contribution is 2.35. The van der Waals surface area contributed by atoms with E-state index in [-0.39, 0.29) is 5.91 Å². The second-order valence-corrected chi connectivity index (χ2v) is 4.25. The smallest absolute Gasteiger partial charge is 0.267 e. The Balaban J connectivity index is 2.12. The summed E-state index contributed by atoms with van der Waals surface area (Å²) in [5, 5.41) is 15.4. The van der Waals surface area contributed by atoms with Gasteiger partial charge in [-0.2, -0.15) is 5.26 Å². The zero-order chi connectivity index (χ0) is 11.9. The number of nitrogens with zero attached hydrogens (tertiary/aromatic N) is 3. The minimum Gasteiger partial charge on any atom is -0.353 e. The van der Waals surface area contributed by atoms with E-state index in [9.17, 15) is 4.79 Å². The predicted octanol–water partition coefficient (Wildman–Crippen LogP) is 0.0533. The van der Waals surface area contributed by atoms with Crippen LogP contribution < -0.4 is 15.5 Å². The Labute approximate surface area is 98.2 Å². The van der Waals surface area contributed by atoms with Crippen LogP contribution in [0.3, 0.4) is 0 Å². The first-order chi connectivity index (χ1) is 8.27. The summed E-state index contributed by atoms with van der Waals surface area (Å²) in [4.78, 5) is 17.6. The van der Waals surface area contributed by atoms with E-state index in [1.54, 1.807) is 18.3 Å². The van der Waals surface area contributed by atoms with Gasteiger partial charge >= 0.3 is 0 Å². The van der Waals surface area contributed by atoms with Crippen LogP contribution in [0.5, 0.6) is 0 Å². The maximum atomic E-state index is 12.3. The number of fused-ring (bicyclic) bond motifs is 1. The third-order valence-electron chi connectivity index (χ3n) is 3.25. The molecule has 0 unspecified atom stereocenters. The minimum absolute atomic E-state index is 0.203. The number of carbonyl (C=O) groups excluding carboxylic acids is 1. The summed E-state index contributed by atoms with van der Waals surface area (Å²) in [7, 11) is 0. The van der Waals surface area contributed by atoms with Crippen molar-refractivity contribution >= 4 is 17.4 Å². The van der Waals surface area contributed by atoms with Gasteiger partial charge in [-0.15, -0.1) is 0 Å². The summed E-state index contributed by atoms with van der Waals surface area (Å²) in [5.41, 5.74) is -0.186. The Kier molecular flexibility index (Phi) is 2.03. The lowest BCUT2D eigenvalue weighted by Crippen LogP contribution is -2.57. The van der Waals surface area contributed by atoms with Gasteiger partial charge in [-0.3, -0.25) is 4.79 Å². The predicted molar refractivity (Wildman–Crippen MR) is 61.2 cm³/mol. The van der Waals surface area contributed by atoms with Crippen LogP contribution in [0.25, 0.3) is 0 Å². The van der Waals surface area contributed by atoms with Crippen molar-refractivity contribution in [3.05, 3.63) is 18.3 Å². The summed E-state index contributed by atoms with van der Waals surface area (Å²) in [6.07, 6.45) is 4.25. The van der Waals surface area contributed by atoms with Gasteiger partial charge in [0.2, 0.25) is 0 Å². The number of hydrogen-bond acceptors (Lipinski definition) is 5. The Hall–Kier alpha value is -2.13. The zero-order valence-electron chi connectivity index (χ0n) is 9.10. The van der Waals surface area contributed by atoms with E-state index in [0.717, 1.165) is 11.4 Å². The van der Waals surface area contributed by atoms with Crippen LogP contribution in [-0.4, -0.2) is 29.5 Å². The van der Waals surface area contributed by atoms with Crippen LogP contribution >= 0.6 is 0 Å². The van der Waals surface area contributed by atoms with E-state index in [1.165, 1.54) is 0 Å². The lowest BCUT2D eigenvalue weighted by atomic mass is 9.94. The van der Waals surface area contributed by atoms with Gasteiger partial charge < -0.3 is 10.6 Å². The molecule has 1 aromatic heterocycles. The van der Waals surface area contributed by atoms with Gasteiger partial charge in [-0.1, -0.05) is 0 Å². The Morgan fingerprint density at radius 2 is 2.47 bits per heavy atom. The Morgan fingerprint density at radius 3 is 3.18 bits per heavy atom. The third-order valence-corrected chi connectivity index (χ3v) is 3.25. The number of anilines is 2. The number of hydrogen-bond donors (Lipinski definition) is 2. The number of nitrogens with one attached hydrogen (secondary N) is 2. The zero-order valence-corrected chi connectivity index (χ0v) is 9.10. The first kappa shape index (κ1) is 10.1. The van der Waals surface area contributed by atoms with Crippen molar-refractivity contribution < 1.29 is 4.79 Å². The molecule has 86 valence electrons. The van der Waals surface area contributed by atoms with Gasteiger partial charge in [-0.25, -0.2) is 9.88 Å². The summed E-state index contributed by atoms with van der Waals surface area (Å²) in [6, 6.07) is 3.43. The van der Waals surface area contributed by atoms with Crippen LogP contribution in [-0.2, 0) is 4.79 Å². The van der Waals surface area contributed by atoms with E-state index in [0.29, 0.717) is 24.5 Å².